The van der Waals surface area contributed by atoms with Gasteiger partial charge in [-0.2, -0.15) is 0 Å². The van der Waals surface area contributed by atoms with E-state index < -0.39 is 0 Å². The van der Waals surface area contributed by atoms with Crippen LogP contribution in [0.25, 0.3) is 0 Å². The second-order valence-corrected chi connectivity index (χ2v) is 6.14. The van der Waals surface area contributed by atoms with Crippen molar-refractivity contribution in [1.82, 2.24) is 29.7 Å². The molecule has 3 rings (SSSR count). The van der Waals surface area contributed by atoms with E-state index in [0.717, 1.165) is 25.1 Å². The zero-order chi connectivity index (χ0) is 17.6. The number of nitrogens with one attached hydrogen (secondary N) is 1. The van der Waals surface area contributed by atoms with E-state index in [4.69, 9.17) is 0 Å². The van der Waals surface area contributed by atoms with Crippen molar-refractivity contribution in [1.29, 1.82) is 0 Å². The highest BCUT2D eigenvalue weighted by atomic mass is 16.2. The summed E-state index contributed by atoms with van der Waals surface area (Å²) in [5, 5.41) is 2.72. The molecule has 8 nitrogen and oxygen atoms in total. The van der Waals surface area contributed by atoms with E-state index in [1.54, 1.807) is 24.9 Å². The van der Waals surface area contributed by atoms with E-state index >= 15 is 0 Å². The summed E-state index contributed by atoms with van der Waals surface area (Å²) in [4.78, 5) is 38.3. The van der Waals surface area contributed by atoms with Crippen LogP contribution >= 0.6 is 0 Å². The lowest BCUT2D eigenvalue weighted by Crippen LogP contribution is -2.32. The van der Waals surface area contributed by atoms with Crippen molar-refractivity contribution in [2.24, 2.45) is 0 Å². The van der Waals surface area contributed by atoms with Crippen molar-refractivity contribution < 1.29 is 9.59 Å². The van der Waals surface area contributed by atoms with Gasteiger partial charge in [-0.3, -0.25) is 19.6 Å². The second-order valence-electron chi connectivity index (χ2n) is 6.14. The molecule has 0 spiro atoms. The molecule has 1 N–H and O–H groups in total. The molecule has 2 aromatic rings. The maximum absolute atomic E-state index is 12.6. The predicted octanol–water partition coefficient (Wildman–Crippen LogP) is 1.06. The molecule has 1 fully saturated rings. The summed E-state index contributed by atoms with van der Waals surface area (Å²) in [6.07, 6.45) is 10.9. The fourth-order valence-corrected chi connectivity index (χ4v) is 3.04. The minimum absolute atomic E-state index is 0.0416. The van der Waals surface area contributed by atoms with Gasteiger partial charge in [0.05, 0.1) is 42.7 Å². The Labute approximate surface area is 146 Å². The van der Waals surface area contributed by atoms with Gasteiger partial charge in [-0.25, -0.2) is 4.98 Å². The van der Waals surface area contributed by atoms with Crippen LogP contribution in [0, 0.1) is 0 Å². The summed E-state index contributed by atoms with van der Waals surface area (Å²) in [6, 6.07) is -0.0416. The first-order valence-electron chi connectivity index (χ1n) is 8.44. The van der Waals surface area contributed by atoms with Gasteiger partial charge in [-0.05, 0) is 12.8 Å². The van der Waals surface area contributed by atoms with Crippen LogP contribution in [-0.4, -0.2) is 42.8 Å². The molecule has 0 unspecified atom stereocenters. The molecule has 1 aliphatic rings. The van der Waals surface area contributed by atoms with Gasteiger partial charge in [0, 0.05) is 38.8 Å². The smallest absolute Gasteiger partial charge is 0.224 e. The van der Waals surface area contributed by atoms with Crippen LogP contribution < -0.4 is 5.32 Å². The number of hydrogen-bond donors (Lipinski definition) is 1. The molecule has 25 heavy (non-hydrogen) atoms. The van der Waals surface area contributed by atoms with Crippen LogP contribution in [0.2, 0.25) is 0 Å². The van der Waals surface area contributed by atoms with Crippen LogP contribution in [0.1, 0.15) is 43.6 Å². The Balaban J connectivity index is 1.65. The molecule has 1 aliphatic heterocycles. The van der Waals surface area contributed by atoms with Gasteiger partial charge >= 0.3 is 0 Å². The third-order valence-electron chi connectivity index (χ3n) is 4.28. The summed E-state index contributed by atoms with van der Waals surface area (Å²) in [6.45, 7) is 3.17. The van der Waals surface area contributed by atoms with E-state index in [-0.39, 0.29) is 17.9 Å². The number of imidazole rings is 1. The van der Waals surface area contributed by atoms with Crippen LogP contribution in [0.15, 0.2) is 31.1 Å². The number of hydrogen-bond acceptors (Lipinski definition) is 5. The Morgan fingerprint density at radius 2 is 2.20 bits per heavy atom. The Kier molecular flexibility index (Phi) is 5.37. The molecule has 8 heteroatoms. The summed E-state index contributed by atoms with van der Waals surface area (Å²) in [7, 11) is 0. The highest BCUT2D eigenvalue weighted by Crippen LogP contribution is 2.31. The standard InChI is InChI=1S/C17H22N6O2/c1-13(24)20-10-14-9-19-11-15(21-14)16-3-2-6-23(16)17(25)4-7-22-8-5-18-12-22/h5,8-9,11-12,16H,2-4,6-7,10H2,1H3,(H,20,24)/t16-/m1/s1. The van der Waals surface area contributed by atoms with E-state index in [1.807, 2.05) is 15.7 Å². The molecular formula is C17H22N6O2. The fourth-order valence-electron chi connectivity index (χ4n) is 3.04. The average molecular weight is 342 g/mol. The lowest BCUT2D eigenvalue weighted by Gasteiger charge is -2.24. The monoisotopic (exact) mass is 342 g/mol. The maximum atomic E-state index is 12.6. The van der Waals surface area contributed by atoms with Crippen molar-refractivity contribution in [2.75, 3.05) is 6.54 Å². The number of nitrogens with zero attached hydrogens (tertiary/aromatic N) is 5. The van der Waals surface area contributed by atoms with Crippen molar-refractivity contribution in [3.8, 4) is 0 Å². The van der Waals surface area contributed by atoms with Gasteiger partial charge in [-0.1, -0.05) is 0 Å². The van der Waals surface area contributed by atoms with E-state index in [2.05, 4.69) is 20.3 Å². The molecule has 0 aliphatic carbocycles. The third kappa shape index (κ3) is 4.40. The predicted molar refractivity (Wildman–Crippen MR) is 90.1 cm³/mol. The number of aryl methyl sites for hydroxylation is 1. The van der Waals surface area contributed by atoms with Crippen molar-refractivity contribution >= 4 is 11.8 Å². The highest BCUT2D eigenvalue weighted by Gasteiger charge is 2.30. The SMILES string of the molecule is CC(=O)NCc1cncc([C@H]2CCCN2C(=O)CCn2ccnc2)n1. The summed E-state index contributed by atoms with van der Waals surface area (Å²) in [5.74, 6) is 0.00893. The Bertz CT molecular complexity index is 730. The molecular weight excluding hydrogens is 320 g/mol. The van der Waals surface area contributed by atoms with Gasteiger partial charge in [-0.15, -0.1) is 0 Å². The molecule has 3 heterocycles. The average Bonchev–Trinajstić information content (AvgIpc) is 3.29. The van der Waals surface area contributed by atoms with E-state index in [0.29, 0.717) is 25.2 Å². The van der Waals surface area contributed by atoms with Crippen LogP contribution in [-0.2, 0) is 22.7 Å². The first-order valence-corrected chi connectivity index (χ1v) is 8.44. The van der Waals surface area contributed by atoms with Gasteiger partial charge < -0.3 is 14.8 Å². The molecule has 1 saturated heterocycles. The van der Waals surface area contributed by atoms with Crippen molar-refractivity contribution in [3.05, 3.63) is 42.5 Å². The lowest BCUT2D eigenvalue weighted by molar-refractivity contribution is -0.132. The normalized spacial score (nSPS) is 16.8. The fraction of sp³-hybridized carbons (Fsp3) is 0.471. The van der Waals surface area contributed by atoms with Gasteiger partial charge in [0.2, 0.25) is 11.8 Å². The number of amides is 2. The highest BCUT2D eigenvalue weighted by molar-refractivity contribution is 5.77. The minimum Gasteiger partial charge on any atom is -0.351 e. The number of carbonyl (C=O) groups is 2. The zero-order valence-corrected chi connectivity index (χ0v) is 14.3. The van der Waals surface area contributed by atoms with Crippen molar-refractivity contribution in [3.63, 3.8) is 0 Å². The Hall–Kier alpha value is -2.77. The largest absolute Gasteiger partial charge is 0.351 e. The van der Waals surface area contributed by atoms with Crippen LogP contribution in [0.4, 0.5) is 0 Å². The molecule has 0 bridgehead atoms. The molecule has 1 atom stereocenters. The zero-order valence-electron chi connectivity index (χ0n) is 14.3. The molecule has 2 aromatic heterocycles. The number of aromatic nitrogens is 4. The molecule has 0 saturated carbocycles. The number of likely N-dealkylation sites (tertiary alicyclic amines) is 1. The number of rotatable bonds is 6. The van der Waals surface area contributed by atoms with E-state index in [1.165, 1.54) is 6.92 Å². The molecule has 0 radical (unpaired) electrons. The summed E-state index contributed by atoms with van der Waals surface area (Å²) < 4.78 is 1.90. The van der Waals surface area contributed by atoms with E-state index in [9.17, 15) is 9.59 Å². The van der Waals surface area contributed by atoms with Crippen LogP contribution in [0.3, 0.4) is 0 Å². The van der Waals surface area contributed by atoms with Gasteiger partial charge in [0.1, 0.15) is 0 Å². The minimum atomic E-state index is -0.107. The van der Waals surface area contributed by atoms with Crippen molar-refractivity contribution in [2.45, 2.75) is 45.3 Å². The number of carbonyl (C=O) groups excluding carboxylic acids is 2. The lowest BCUT2D eigenvalue weighted by atomic mass is 10.1. The Morgan fingerprint density at radius 3 is 2.96 bits per heavy atom. The molecule has 132 valence electrons. The first kappa shape index (κ1) is 17.1. The summed E-state index contributed by atoms with van der Waals surface area (Å²) in [5.41, 5.74) is 1.49. The molecule has 2 amide bonds. The van der Waals surface area contributed by atoms with Crippen LogP contribution in [0.5, 0.6) is 0 Å². The Morgan fingerprint density at radius 1 is 1.32 bits per heavy atom. The maximum Gasteiger partial charge on any atom is 0.224 e. The molecule has 0 aromatic carbocycles. The van der Waals surface area contributed by atoms with Gasteiger partial charge in [0.25, 0.3) is 0 Å². The summed E-state index contributed by atoms with van der Waals surface area (Å²) >= 11 is 0. The quantitative estimate of drug-likeness (QED) is 0.847. The second kappa shape index (κ2) is 7.87. The van der Waals surface area contributed by atoms with Gasteiger partial charge in [0.15, 0.2) is 0 Å². The third-order valence-corrected chi connectivity index (χ3v) is 4.28. The first-order chi connectivity index (χ1) is 12.1. The topological polar surface area (TPSA) is 93.0 Å².